The smallest absolute Gasteiger partial charge is 0.238 e. The van der Waals surface area contributed by atoms with E-state index in [4.69, 9.17) is 5.73 Å². The van der Waals surface area contributed by atoms with Gasteiger partial charge in [0.2, 0.25) is 11.8 Å². The molecule has 0 fully saturated rings. The molecule has 0 saturated heterocycles. The Morgan fingerprint density at radius 1 is 1.30 bits per heavy atom. The summed E-state index contributed by atoms with van der Waals surface area (Å²) >= 11 is 3.34. The minimum absolute atomic E-state index is 0.117. The van der Waals surface area contributed by atoms with Gasteiger partial charge in [0.25, 0.3) is 0 Å². The summed E-state index contributed by atoms with van der Waals surface area (Å²) in [6.45, 7) is 2.86. The molecule has 1 rings (SSSR count). The topological polar surface area (TPSA) is 87.5 Å². The van der Waals surface area contributed by atoms with Gasteiger partial charge < -0.3 is 16.4 Å². The second kappa shape index (κ2) is 7.86. The third-order valence-electron chi connectivity index (χ3n) is 2.73. The molecular weight excluding hydrogens is 324 g/mol. The number of benzene rings is 1. The molecule has 110 valence electrons. The fourth-order valence-corrected chi connectivity index (χ4v) is 2.08. The van der Waals surface area contributed by atoms with Crippen LogP contribution < -0.4 is 16.4 Å². The molecular formula is C13H19BrN4O2. The molecule has 0 aliphatic heterocycles. The van der Waals surface area contributed by atoms with E-state index in [0.29, 0.717) is 17.9 Å². The van der Waals surface area contributed by atoms with E-state index in [-0.39, 0.29) is 24.9 Å². The van der Waals surface area contributed by atoms with Gasteiger partial charge in [0.05, 0.1) is 18.8 Å². The summed E-state index contributed by atoms with van der Waals surface area (Å²) in [7, 11) is 1.57. The van der Waals surface area contributed by atoms with Crippen molar-refractivity contribution in [2.24, 2.45) is 0 Å². The fourth-order valence-electron chi connectivity index (χ4n) is 1.59. The number of nitrogen functional groups attached to an aromatic ring is 1. The van der Waals surface area contributed by atoms with Crippen molar-refractivity contribution in [1.29, 1.82) is 0 Å². The summed E-state index contributed by atoms with van der Waals surface area (Å²) in [5.41, 5.74) is 6.90. The molecule has 0 bridgehead atoms. The Morgan fingerprint density at radius 3 is 2.50 bits per heavy atom. The Bertz CT molecular complexity index is 493. The largest absolute Gasteiger partial charge is 0.399 e. The second-order valence-electron chi connectivity index (χ2n) is 4.26. The number of halogens is 1. The molecule has 20 heavy (non-hydrogen) atoms. The average molecular weight is 343 g/mol. The highest BCUT2D eigenvalue weighted by Crippen LogP contribution is 2.24. The first-order valence-corrected chi connectivity index (χ1v) is 7.03. The van der Waals surface area contributed by atoms with Gasteiger partial charge in [0.1, 0.15) is 0 Å². The van der Waals surface area contributed by atoms with Crippen molar-refractivity contribution < 1.29 is 9.59 Å². The van der Waals surface area contributed by atoms with Gasteiger partial charge in [0.15, 0.2) is 0 Å². The van der Waals surface area contributed by atoms with Crippen molar-refractivity contribution in [3.05, 3.63) is 22.7 Å². The molecule has 7 heteroatoms. The van der Waals surface area contributed by atoms with Crippen LogP contribution in [0.5, 0.6) is 0 Å². The van der Waals surface area contributed by atoms with E-state index in [1.165, 1.54) is 0 Å². The number of hydrogen-bond acceptors (Lipinski definition) is 4. The van der Waals surface area contributed by atoms with Crippen LogP contribution >= 0.6 is 15.9 Å². The highest BCUT2D eigenvalue weighted by Gasteiger charge is 2.13. The molecule has 0 spiro atoms. The van der Waals surface area contributed by atoms with Crippen molar-refractivity contribution in [1.82, 2.24) is 10.2 Å². The second-order valence-corrected chi connectivity index (χ2v) is 5.12. The maximum atomic E-state index is 12.0. The molecule has 0 radical (unpaired) electrons. The predicted molar refractivity (Wildman–Crippen MR) is 83.4 cm³/mol. The number of nitrogens with zero attached hydrogens (tertiary/aromatic N) is 1. The molecule has 1 aromatic carbocycles. The van der Waals surface area contributed by atoms with Crippen LogP contribution in [-0.2, 0) is 9.59 Å². The van der Waals surface area contributed by atoms with Gasteiger partial charge in [-0.1, -0.05) is 6.92 Å². The number of nitrogens with two attached hydrogens (primary N) is 1. The van der Waals surface area contributed by atoms with Gasteiger partial charge in [-0.05, 0) is 40.7 Å². The zero-order chi connectivity index (χ0) is 15.1. The average Bonchev–Trinajstić information content (AvgIpc) is 2.41. The standard InChI is InChI=1S/C13H19BrN4O2/c1-3-18(7-12(19)16-2)8-13(20)17-11-5-4-9(15)6-10(11)14/h4-6H,3,7-8,15H2,1-2H3,(H,16,19)(H,17,20). The van der Waals surface area contributed by atoms with Crippen LogP contribution in [0.2, 0.25) is 0 Å². The van der Waals surface area contributed by atoms with Crippen molar-refractivity contribution >= 4 is 39.1 Å². The quantitative estimate of drug-likeness (QED) is 0.674. The van der Waals surface area contributed by atoms with Crippen molar-refractivity contribution in [2.45, 2.75) is 6.92 Å². The molecule has 0 unspecified atom stereocenters. The molecule has 0 aromatic heterocycles. The Kier molecular flexibility index (Phi) is 6.47. The first-order chi connectivity index (χ1) is 9.46. The van der Waals surface area contributed by atoms with Gasteiger partial charge in [0, 0.05) is 17.2 Å². The number of carbonyl (C=O) groups is 2. The number of amides is 2. The summed E-state index contributed by atoms with van der Waals surface area (Å²) in [4.78, 5) is 25.0. The first-order valence-electron chi connectivity index (χ1n) is 6.24. The Labute approximate surface area is 126 Å². The number of carbonyl (C=O) groups excluding carboxylic acids is 2. The molecule has 0 aliphatic rings. The van der Waals surface area contributed by atoms with Gasteiger partial charge >= 0.3 is 0 Å². The first kappa shape index (κ1) is 16.5. The summed E-state index contributed by atoms with van der Waals surface area (Å²) in [6, 6.07) is 5.16. The lowest BCUT2D eigenvalue weighted by molar-refractivity contribution is -0.123. The maximum Gasteiger partial charge on any atom is 0.238 e. The lowest BCUT2D eigenvalue weighted by Crippen LogP contribution is -2.40. The summed E-state index contributed by atoms with van der Waals surface area (Å²) < 4.78 is 0.722. The fraction of sp³-hybridized carbons (Fsp3) is 0.385. The molecule has 4 N–H and O–H groups in total. The van der Waals surface area contributed by atoms with Crippen LogP contribution in [0.15, 0.2) is 22.7 Å². The van der Waals surface area contributed by atoms with E-state index in [2.05, 4.69) is 26.6 Å². The van der Waals surface area contributed by atoms with E-state index in [0.717, 1.165) is 4.47 Å². The molecule has 2 amide bonds. The van der Waals surface area contributed by atoms with Crippen LogP contribution in [0.25, 0.3) is 0 Å². The molecule has 0 saturated carbocycles. The van der Waals surface area contributed by atoms with Crippen molar-refractivity contribution in [3.8, 4) is 0 Å². The number of likely N-dealkylation sites (N-methyl/N-ethyl adjacent to an activating group) is 2. The SMILES string of the molecule is CCN(CC(=O)NC)CC(=O)Nc1ccc(N)cc1Br. The highest BCUT2D eigenvalue weighted by molar-refractivity contribution is 9.10. The third-order valence-corrected chi connectivity index (χ3v) is 3.38. The summed E-state index contributed by atoms with van der Waals surface area (Å²) in [5.74, 6) is -0.297. The highest BCUT2D eigenvalue weighted by atomic mass is 79.9. The van der Waals surface area contributed by atoms with Crippen molar-refractivity contribution in [2.75, 3.05) is 37.7 Å². The van der Waals surface area contributed by atoms with Crippen LogP contribution in [-0.4, -0.2) is 43.4 Å². The van der Waals surface area contributed by atoms with E-state index < -0.39 is 0 Å². The molecule has 6 nitrogen and oxygen atoms in total. The predicted octanol–water partition coefficient (Wildman–Crippen LogP) is 1.04. The maximum absolute atomic E-state index is 12.0. The van der Waals surface area contributed by atoms with E-state index >= 15 is 0 Å². The van der Waals surface area contributed by atoms with Crippen LogP contribution in [0, 0.1) is 0 Å². The monoisotopic (exact) mass is 342 g/mol. The zero-order valence-corrected chi connectivity index (χ0v) is 13.2. The van der Waals surface area contributed by atoms with E-state index in [1.807, 2.05) is 6.92 Å². The van der Waals surface area contributed by atoms with E-state index in [9.17, 15) is 9.59 Å². The summed E-state index contributed by atoms with van der Waals surface area (Å²) in [6.07, 6.45) is 0. The van der Waals surface area contributed by atoms with Gasteiger partial charge in [-0.2, -0.15) is 0 Å². The van der Waals surface area contributed by atoms with Crippen LogP contribution in [0.3, 0.4) is 0 Å². The van der Waals surface area contributed by atoms with Gasteiger partial charge in [-0.3, -0.25) is 14.5 Å². The van der Waals surface area contributed by atoms with Gasteiger partial charge in [-0.15, -0.1) is 0 Å². The van der Waals surface area contributed by atoms with Crippen LogP contribution in [0.4, 0.5) is 11.4 Å². The number of hydrogen-bond donors (Lipinski definition) is 3. The number of nitrogens with one attached hydrogen (secondary N) is 2. The van der Waals surface area contributed by atoms with Gasteiger partial charge in [-0.25, -0.2) is 0 Å². The Balaban J connectivity index is 2.59. The van der Waals surface area contributed by atoms with Crippen LogP contribution in [0.1, 0.15) is 6.92 Å². The molecule has 0 aliphatic carbocycles. The third kappa shape index (κ3) is 5.18. The lowest BCUT2D eigenvalue weighted by atomic mass is 10.3. The molecule has 0 heterocycles. The Hall–Kier alpha value is -1.60. The van der Waals surface area contributed by atoms with Crippen molar-refractivity contribution in [3.63, 3.8) is 0 Å². The molecule has 0 atom stereocenters. The Morgan fingerprint density at radius 2 is 1.95 bits per heavy atom. The lowest BCUT2D eigenvalue weighted by Gasteiger charge is -2.19. The normalized spacial score (nSPS) is 10.4. The molecule has 1 aromatic rings. The van der Waals surface area contributed by atoms with E-state index in [1.54, 1.807) is 30.1 Å². The zero-order valence-electron chi connectivity index (χ0n) is 11.6. The number of anilines is 2. The minimum atomic E-state index is -0.179. The minimum Gasteiger partial charge on any atom is -0.399 e. The number of rotatable bonds is 6. The summed E-state index contributed by atoms with van der Waals surface area (Å²) in [5, 5.41) is 5.31.